The largest absolute Gasteiger partial charge is 0.508 e. The van der Waals surface area contributed by atoms with Gasteiger partial charge in [-0.3, -0.25) is 4.79 Å². The highest BCUT2D eigenvalue weighted by Gasteiger charge is 2.34. The molecule has 1 N–H and O–H groups in total. The first-order valence-corrected chi connectivity index (χ1v) is 4.63. The topological polar surface area (TPSA) is 46.5 Å². The standard InChI is InChI=1S/C11H12O3/c1-6(2)11-10(13)8-4-3-7(12)5-9(8)14-11/h3-6,11-12H,1-2H3. The molecule has 0 radical (unpaired) electrons. The summed E-state index contributed by atoms with van der Waals surface area (Å²) in [6.07, 6.45) is -0.396. The van der Waals surface area contributed by atoms with Crippen LogP contribution < -0.4 is 4.74 Å². The van der Waals surface area contributed by atoms with Crippen molar-refractivity contribution in [2.75, 3.05) is 0 Å². The van der Waals surface area contributed by atoms with Gasteiger partial charge in [-0.25, -0.2) is 0 Å². The van der Waals surface area contributed by atoms with Crippen molar-refractivity contribution in [3.63, 3.8) is 0 Å². The third kappa shape index (κ3) is 1.25. The van der Waals surface area contributed by atoms with Gasteiger partial charge in [0.2, 0.25) is 5.78 Å². The van der Waals surface area contributed by atoms with Crippen molar-refractivity contribution >= 4 is 5.78 Å². The van der Waals surface area contributed by atoms with Crippen LogP contribution in [0.5, 0.6) is 11.5 Å². The lowest BCUT2D eigenvalue weighted by Crippen LogP contribution is -2.26. The highest BCUT2D eigenvalue weighted by Crippen LogP contribution is 2.33. The monoisotopic (exact) mass is 192 g/mol. The summed E-state index contributed by atoms with van der Waals surface area (Å²) >= 11 is 0. The van der Waals surface area contributed by atoms with Crippen LogP contribution in [0.2, 0.25) is 0 Å². The van der Waals surface area contributed by atoms with Gasteiger partial charge in [0, 0.05) is 6.07 Å². The molecule has 0 aliphatic carbocycles. The summed E-state index contributed by atoms with van der Waals surface area (Å²) in [4.78, 5) is 11.7. The van der Waals surface area contributed by atoms with Crippen molar-refractivity contribution in [3.8, 4) is 11.5 Å². The van der Waals surface area contributed by atoms with Gasteiger partial charge in [-0.15, -0.1) is 0 Å². The molecule has 0 saturated heterocycles. The zero-order valence-electron chi connectivity index (χ0n) is 8.15. The van der Waals surface area contributed by atoms with Crippen LogP contribution in [0.25, 0.3) is 0 Å². The van der Waals surface area contributed by atoms with E-state index in [1.54, 1.807) is 6.07 Å². The summed E-state index contributed by atoms with van der Waals surface area (Å²) in [6, 6.07) is 4.59. The first-order chi connectivity index (χ1) is 6.59. The minimum Gasteiger partial charge on any atom is -0.508 e. The molecule has 1 aromatic rings. The van der Waals surface area contributed by atoms with E-state index in [0.717, 1.165) is 0 Å². The normalized spacial score (nSPS) is 19.6. The average molecular weight is 192 g/mol. The number of hydrogen-bond donors (Lipinski definition) is 1. The van der Waals surface area contributed by atoms with Gasteiger partial charge >= 0.3 is 0 Å². The molecule has 0 saturated carbocycles. The van der Waals surface area contributed by atoms with E-state index in [1.807, 2.05) is 13.8 Å². The first-order valence-electron chi connectivity index (χ1n) is 4.63. The van der Waals surface area contributed by atoms with Crippen molar-refractivity contribution < 1.29 is 14.6 Å². The molecular formula is C11H12O3. The first kappa shape index (κ1) is 9.06. The summed E-state index contributed by atoms with van der Waals surface area (Å²) in [6.45, 7) is 3.88. The number of rotatable bonds is 1. The van der Waals surface area contributed by atoms with Gasteiger partial charge in [-0.05, 0) is 18.1 Å². The Kier molecular flexibility index (Phi) is 1.95. The fourth-order valence-corrected chi connectivity index (χ4v) is 1.59. The number of aromatic hydroxyl groups is 1. The number of Topliss-reactive ketones (excluding diaryl/α,β-unsaturated/α-hetero) is 1. The van der Waals surface area contributed by atoms with E-state index in [0.29, 0.717) is 11.3 Å². The fourth-order valence-electron chi connectivity index (χ4n) is 1.59. The van der Waals surface area contributed by atoms with Crippen LogP contribution in [0.15, 0.2) is 18.2 Å². The SMILES string of the molecule is CC(C)C1Oc2cc(O)ccc2C1=O. The van der Waals surface area contributed by atoms with E-state index in [-0.39, 0.29) is 17.5 Å². The van der Waals surface area contributed by atoms with E-state index in [2.05, 4.69) is 0 Å². The van der Waals surface area contributed by atoms with Gasteiger partial charge in [-0.1, -0.05) is 13.8 Å². The maximum Gasteiger partial charge on any atom is 0.207 e. The fraction of sp³-hybridized carbons (Fsp3) is 0.364. The van der Waals surface area contributed by atoms with Crippen molar-refractivity contribution in [3.05, 3.63) is 23.8 Å². The highest BCUT2D eigenvalue weighted by molar-refractivity contribution is 6.04. The molecule has 0 spiro atoms. The Labute approximate surface area is 82.3 Å². The zero-order chi connectivity index (χ0) is 10.3. The Morgan fingerprint density at radius 2 is 2.14 bits per heavy atom. The van der Waals surface area contributed by atoms with Crippen molar-refractivity contribution in [1.29, 1.82) is 0 Å². The maximum atomic E-state index is 11.7. The number of fused-ring (bicyclic) bond motifs is 1. The Morgan fingerprint density at radius 1 is 1.43 bits per heavy atom. The lowest BCUT2D eigenvalue weighted by Gasteiger charge is -2.12. The predicted molar refractivity (Wildman–Crippen MR) is 51.7 cm³/mol. The molecule has 2 rings (SSSR count). The molecular weight excluding hydrogens is 180 g/mol. The van der Waals surface area contributed by atoms with E-state index in [1.165, 1.54) is 12.1 Å². The van der Waals surface area contributed by atoms with Gasteiger partial charge in [0.25, 0.3) is 0 Å². The zero-order valence-corrected chi connectivity index (χ0v) is 8.15. The van der Waals surface area contributed by atoms with Gasteiger partial charge in [0.1, 0.15) is 11.5 Å². The number of hydrogen-bond acceptors (Lipinski definition) is 3. The van der Waals surface area contributed by atoms with Crippen LogP contribution in [0, 0.1) is 5.92 Å². The Bertz CT molecular complexity index is 382. The number of ether oxygens (including phenoxy) is 1. The highest BCUT2D eigenvalue weighted by atomic mass is 16.5. The molecule has 74 valence electrons. The third-order valence-corrected chi connectivity index (χ3v) is 2.35. The van der Waals surface area contributed by atoms with Crippen LogP contribution in [0.1, 0.15) is 24.2 Å². The molecule has 1 aromatic carbocycles. The van der Waals surface area contributed by atoms with E-state index >= 15 is 0 Å². The second-order valence-electron chi connectivity index (χ2n) is 3.83. The predicted octanol–water partition coefficient (Wildman–Crippen LogP) is 1.99. The van der Waals surface area contributed by atoms with Gasteiger partial charge < -0.3 is 9.84 Å². The molecule has 0 fully saturated rings. The Morgan fingerprint density at radius 3 is 2.79 bits per heavy atom. The third-order valence-electron chi connectivity index (χ3n) is 2.35. The summed E-state index contributed by atoms with van der Waals surface area (Å²) in [5, 5.41) is 9.22. The van der Waals surface area contributed by atoms with E-state index in [4.69, 9.17) is 4.74 Å². The van der Waals surface area contributed by atoms with Gasteiger partial charge in [0.15, 0.2) is 6.10 Å². The van der Waals surface area contributed by atoms with Crippen LogP contribution in [-0.2, 0) is 0 Å². The van der Waals surface area contributed by atoms with Crippen LogP contribution in [0.4, 0.5) is 0 Å². The molecule has 3 heteroatoms. The molecule has 1 unspecified atom stereocenters. The van der Waals surface area contributed by atoms with Crippen LogP contribution in [0.3, 0.4) is 0 Å². The molecule has 1 aliphatic heterocycles. The molecule has 0 bridgehead atoms. The van der Waals surface area contributed by atoms with Gasteiger partial charge in [0.05, 0.1) is 5.56 Å². The quantitative estimate of drug-likeness (QED) is 0.740. The van der Waals surface area contributed by atoms with Crippen molar-refractivity contribution in [2.24, 2.45) is 5.92 Å². The lowest BCUT2D eigenvalue weighted by molar-refractivity contribution is 0.0790. The molecule has 1 heterocycles. The molecule has 0 amide bonds. The second kappa shape index (κ2) is 3.01. The van der Waals surface area contributed by atoms with Crippen LogP contribution >= 0.6 is 0 Å². The number of benzene rings is 1. The average Bonchev–Trinajstić information content (AvgIpc) is 2.43. The number of ketones is 1. The summed E-state index contributed by atoms with van der Waals surface area (Å²) in [7, 11) is 0. The number of phenols is 1. The smallest absolute Gasteiger partial charge is 0.207 e. The molecule has 1 atom stereocenters. The Balaban J connectivity index is 2.40. The second-order valence-corrected chi connectivity index (χ2v) is 3.83. The van der Waals surface area contributed by atoms with E-state index in [9.17, 15) is 9.90 Å². The minimum absolute atomic E-state index is 0.00926. The molecule has 0 aromatic heterocycles. The number of carbonyl (C=O) groups is 1. The van der Waals surface area contributed by atoms with Crippen LogP contribution in [-0.4, -0.2) is 17.0 Å². The lowest BCUT2D eigenvalue weighted by atomic mass is 10.0. The number of carbonyl (C=O) groups excluding carboxylic acids is 1. The van der Waals surface area contributed by atoms with Crippen molar-refractivity contribution in [1.82, 2.24) is 0 Å². The minimum atomic E-state index is -0.396. The summed E-state index contributed by atoms with van der Waals surface area (Å²) in [5.74, 6) is 0.779. The molecule has 1 aliphatic rings. The van der Waals surface area contributed by atoms with Crippen molar-refractivity contribution in [2.45, 2.75) is 20.0 Å². The molecule has 14 heavy (non-hydrogen) atoms. The van der Waals surface area contributed by atoms with E-state index < -0.39 is 6.10 Å². The Hall–Kier alpha value is -1.51. The van der Waals surface area contributed by atoms with Gasteiger partial charge in [-0.2, -0.15) is 0 Å². The number of phenolic OH excluding ortho intramolecular Hbond substituents is 1. The molecule has 3 nitrogen and oxygen atoms in total. The maximum absolute atomic E-state index is 11.7. The summed E-state index contributed by atoms with van der Waals surface area (Å²) < 4.78 is 5.45. The summed E-state index contributed by atoms with van der Waals surface area (Å²) in [5.41, 5.74) is 0.571.